The topological polar surface area (TPSA) is 0 Å². The summed E-state index contributed by atoms with van der Waals surface area (Å²) in [4.78, 5) is 0. The van der Waals surface area contributed by atoms with Crippen LogP contribution in [0.5, 0.6) is 0 Å². The number of halogens is 1. The summed E-state index contributed by atoms with van der Waals surface area (Å²) in [7, 11) is -0.333. The normalized spacial score (nSPS) is 25.0. The molecule has 1 saturated carbocycles. The Hall–Kier alpha value is -1.41. The van der Waals surface area contributed by atoms with Crippen LogP contribution in [0.3, 0.4) is 0 Å². The van der Waals surface area contributed by atoms with E-state index in [0.29, 0.717) is 0 Å². The molecule has 0 aromatic heterocycles. The summed E-state index contributed by atoms with van der Waals surface area (Å²) in [5.41, 5.74) is 4.27. The molecule has 2 aromatic carbocycles. The minimum atomic E-state index is -0.333. The first-order chi connectivity index (χ1) is 17.2. The summed E-state index contributed by atoms with van der Waals surface area (Å²) < 4.78 is 14.8. The molecule has 0 atom stereocenters. The number of benzene rings is 2. The zero-order valence-corrected chi connectivity index (χ0v) is 23.7. The fourth-order valence-electron chi connectivity index (χ4n) is 7.05. The number of unbranched alkanes of at least 4 members (excludes halogenated alkanes) is 2. The molecule has 2 fully saturated rings. The lowest BCUT2D eigenvalue weighted by Gasteiger charge is -2.37. The molecule has 2 aliphatic rings. The van der Waals surface area contributed by atoms with Crippen molar-refractivity contribution in [2.75, 3.05) is 0 Å². The number of aryl methyl sites for hydroxylation is 2. The molecule has 0 spiro atoms. The Bertz CT molecular complexity index is 872. The van der Waals surface area contributed by atoms with Crippen molar-refractivity contribution < 1.29 is 4.39 Å². The molecular formula is C33H49FSi. The van der Waals surface area contributed by atoms with Crippen molar-refractivity contribution in [1.82, 2.24) is 0 Å². The fourth-order valence-corrected chi connectivity index (χ4v) is 10.5. The van der Waals surface area contributed by atoms with E-state index in [1.54, 1.807) is 37.0 Å². The Morgan fingerprint density at radius 3 is 2.09 bits per heavy atom. The summed E-state index contributed by atoms with van der Waals surface area (Å²) in [6.07, 6.45) is 17.5. The van der Waals surface area contributed by atoms with Crippen molar-refractivity contribution in [1.29, 1.82) is 0 Å². The van der Waals surface area contributed by atoms with Crippen LogP contribution < -0.4 is 0 Å². The molecule has 0 N–H and O–H groups in total. The van der Waals surface area contributed by atoms with Crippen LogP contribution in [-0.4, -0.2) is 8.80 Å². The summed E-state index contributed by atoms with van der Waals surface area (Å²) in [6.45, 7) is 4.58. The van der Waals surface area contributed by atoms with E-state index < -0.39 is 0 Å². The first kappa shape index (κ1) is 26.6. The van der Waals surface area contributed by atoms with Gasteiger partial charge in [0.1, 0.15) is 5.82 Å². The molecule has 1 aliphatic carbocycles. The number of rotatable bonds is 11. The molecule has 1 heterocycles. The quantitative estimate of drug-likeness (QED) is 0.216. The predicted octanol–water partition coefficient (Wildman–Crippen LogP) is 10.0. The minimum absolute atomic E-state index is 0.0790. The van der Waals surface area contributed by atoms with Crippen molar-refractivity contribution in [3.8, 4) is 11.1 Å². The van der Waals surface area contributed by atoms with Gasteiger partial charge in [0.2, 0.25) is 0 Å². The molecule has 1 saturated heterocycles. The summed E-state index contributed by atoms with van der Waals surface area (Å²) >= 11 is 0. The third-order valence-electron chi connectivity index (χ3n) is 9.36. The van der Waals surface area contributed by atoms with E-state index in [4.69, 9.17) is 0 Å². The maximum atomic E-state index is 14.8. The van der Waals surface area contributed by atoms with Crippen LogP contribution in [0.1, 0.15) is 95.6 Å². The van der Waals surface area contributed by atoms with Gasteiger partial charge in [0, 0.05) is 14.4 Å². The van der Waals surface area contributed by atoms with E-state index >= 15 is 0 Å². The largest absolute Gasteiger partial charge is 0.206 e. The van der Waals surface area contributed by atoms with Gasteiger partial charge in [0.15, 0.2) is 0 Å². The fraction of sp³-hybridized carbons (Fsp3) is 0.636. The van der Waals surface area contributed by atoms with Gasteiger partial charge in [0.25, 0.3) is 0 Å². The number of hydrogen-bond acceptors (Lipinski definition) is 0. The zero-order chi connectivity index (χ0) is 24.5. The van der Waals surface area contributed by atoms with E-state index in [1.807, 2.05) is 6.07 Å². The van der Waals surface area contributed by atoms with Crippen LogP contribution in [0.25, 0.3) is 11.1 Å². The van der Waals surface area contributed by atoms with Crippen molar-refractivity contribution in [2.24, 2.45) is 17.8 Å². The lowest BCUT2D eigenvalue weighted by Crippen LogP contribution is -2.28. The van der Waals surface area contributed by atoms with E-state index in [9.17, 15) is 4.39 Å². The Balaban J connectivity index is 1.20. The van der Waals surface area contributed by atoms with Crippen molar-refractivity contribution in [3.63, 3.8) is 0 Å². The Kier molecular flexibility index (Phi) is 10.5. The van der Waals surface area contributed by atoms with Gasteiger partial charge < -0.3 is 0 Å². The maximum absolute atomic E-state index is 14.8. The highest BCUT2D eigenvalue weighted by atomic mass is 28.3. The van der Waals surface area contributed by atoms with Gasteiger partial charge in [-0.2, -0.15) is 0 Å². The van der Waals surface area contributed by atoms with Crippen molar-refractivity contribution >= 4 is 8.80 Å². The van der Waals surface area contributed by atoms with E-state index in [-0.39, 0.29) is 14.6 Å². The van der Waals surface area contributed by atoms with Gasteiger partial charge in [-0.3, -0.25) is 0 Å². The van der Waals surface area contributed by atoms with Gasteiger partial charge in [0.05, 0.1) is 0 Å². The average molecular weight is 493 g/mol. The third kappa shape index (κ3) is 7.78. The number of hydrogen-bond donors (Lipinski definition) is 0. The molecule has 192 valence electrons. The minimum Gasteiger partial charge on any atom is -0.206 e. The van der Waals surface area contributed by atoms with E-state index in [1.165, 1.54) is 63.4 Å². The molecule has 0 amide bonds. The second kappa shape index (κ2) is 13.8. The second-order valence-electron chi connectivity index (χ2n) is 11.9. The highest BCUT2D eigenvalue weighted by molar-refractivity contribution is 6.58. The standard InChI is InChI=1S/C33H49FSi/c1-3-5-6-7-28-14-19-32(33(34)25-28)31-17-12-27(13-18-31)9-8-26-10-15-29(16-11-26)30-20-23-35(22-4-2)24-21-30/h12-14,17-19,25-26,29-30,35H,3-11,15-16,20-24H2,1-2H3. The molecule has 2 heteroatoms. The zero-order valence-electron chi connectivity index (χ0n) is 22.5. The molecule has 2 aromatic rings. The van der Waals surface area contributed by atoms with Gasteiger partial charge >= 0.3 is 0 Å². The van der Waals surface area contributed by atoms with E-state index in [2.05, 4.69) is 44.2 Å². The van der Waals surface area contributed by atoms with Crippen LogP contribution in [0.2, 0.25) is 18.1 Å². The van der Waals surface area contributed by atoms with Crippen molar-refractivity contribution in [3.05, 3.63) is 59.4 Å². The van der Waals surface area contributed by atoms with Crippen molar-refractivity contribution in [2.45, 2.75) is 115 Å². The first-order valence-electron chi connectivity index (χ1n) is 15.0. The maximum Gasteiger partial charge on any atom is 0.131 e. The third-order valence-corrected chi connectivity index (χ3v) is 13.0. The molecule has 1 aliphatic heterocycles. The highest BCUT2D eigenvalue weighted by Gasteiger charge is 2.30. The lowest BCUT2D eigenvalue weighted by molar-refractivity contribution is 0.186. The van der Waals surface area contributed by atoms with Crippen LogP contribution in [-0.2, 0) is 12.8 Å². The van der Waals surface area contributed by atoms with Crippen LogP contribution in [0.15, 0.2) is 42.5 Å². The lowest BCUT2D eigenvalue weighted by atomic mass is 9.73. The van der Waals surface area contributed by atoms with E-state index in [0.717, 1.165) is 47.3 Å². The van der Waals surface area contributed by atoms with Crippen LogP contribution >= 0.6 is 0 Å². The van der Waals surface area contributed by atoms with Crippen LogP contribution in [0.4, 0.5) is 4.39 Å². The highest BCUT2D eigenvalue weighted by Crippen LogP contribution is 2.42. The molecular weight excluding hydrogens is 443 g/mol. The summed E-state index contributed by atoms with van der Waals surface area (Å²) in [5.74, 6) is 2.93. The monoisotopic (exact) mass is 492 g/mol. The SMILES string of the molecule is CCCCCc1ccc(-c2ccc(CCC3CCC(C4CC[SiH](CCC)CC4)CC3)cc2)c(F)c1. The van der Waals surface area contributed by atoms with Gasteiger partial charge in [-0.25, -0.2) is 4.39 Å². The summed E-state index contributed by atoms with van der Waals surface area (Å²) in [5, 5.41) is 0. The molecule has 0 radical (unpaired) electrons. The molecule has 4 rings (SSSR count). The van der Waals surface area contributed by atoms with Crippen LogP contribution in [0, 0.1) is 23.6 Å². The summed E-state index contributed by atoms with van der Waals surface area (Å²) in [6, 6.07) is 19.4. The Labute approximate surface area is 216 Å². The van der Waals surface area contributed by atoms with Gasteiger partial charge in [-0.05, 0) is 79.0 Å². The predicted molar refractivity (Wildman–Crippen MR) is 153 cm³/mol. The Morgan fingerprint density at radius 2 is 1.43 bits per heavy atom. The Morgan fingerprint density at radius 1 is 0.743 bits per heavy atom. The molecule has 35 heavy (non-hydrogen) atoms. The molecule has 0 bridgehead atoms. The second-order valence-corrected chi connectivity index (χ2v) is 15.3. The molecule has 0 unspecified atom stereocenters. The van der Waals surface area contributed by atoms with Gasteiger partial charge in [-0.15, -0.1) is 0 Å². The smallest absolute Gasteiger partial charge is 0.131 e. The average Bonchev–Trinajstić information content (AvgIpc) is 2.89. The first-order valence-corrected chi connectivity index (χ1v) is 17.5. The van der Waals surface area contributed by atoms with Gasteiger partial charge in [-0.1, -0.05) is 113 Å². The molecule has 0 nitrogen and oxygen atoms in total.